The first-order valence-corrected chi connectivity index (χ1v) is 9.14. The molecular weight excluding hydrogens is 342 g/mol. The Bertz CT molecular complexity index is 895. The van der Waals surface area contributed by atoms with E-state index >= 15 is 0 Å². The third-order valence-corrected chi connectivity index (χ3v) is 5.65. The van der Waals surface area contributed by atoms with Gasteiger partial charge in [-0.3, -0.25) is 14.6 Å². The second-order valence-corrected chi connectivity index (χ2v) is 7.69. The molecular formula is C21H23N3O3. The molecule has 0 radical (unpaired) electrons. The van der Waals surface area contributed by atoms with E-state index in [-0.39, 0.29) is 24.0 Å². The minimum absolute atomic E-state index is 0.0451. The van der Waals surface area contributed by atoms with Crippen molar-refractivity contribution in [3.63, 3.8) is 0 Å². The van der Waals surface area contributed by atoms with Crippen molar-refractivity contribution in [2.75, 3.05) is 19.0 Å². The van der Waals surface area contributed by atoms with E-state index in [1.54, 1.807) is 23.4 Å². The number of benzene rings is 1. The van der Waals surface area contributed by atoms with Gasteiger partial charge in [-0.05, 0) is 50.1 Å². The molecule has 2 amide bonds. The number of hydrogen-bond donors (Lipinski definition) is 1. The lowest BCUT2D eigenvalue weighted by Crippen LogP contribution is -2.39. The second kappa shape index (κ2) is 6.46. The molecule has 2 aliphatic heterocycles. The fourth-order valence-corrected chi connectivity index (χ4v) is 3.90. The topological polar surface area (TPSA) is 71.5 Å². The molecule has 2 atom stereocenters. The van der Waals surface area contributed by atoms with Gasteiger partial charge in [0, 0.05) is 42.9 Å². The molecule has 3 heterocycles. The Balaban J connectivity index is 1.60. The van der Waals surface area contributed by atoms with Crippen molar-refractivity contribution in [1.29, 1.82) is 0 Å². The lowest BCUT2D eigenvalue weighted by molar-refractivity contribution is -0.119. The highest BCUT2D eigenvalue weighted by Crippen LogP contribution is 2.38. The van der Waals surface area contributed by atoms with E-state index in [0.29, 0.717) is 12.2 Å². The van der Waals surface area contributed by atoms with E-state index in [9.17, 15) is 9.59 Å². The normalized spacial score (nSPS) is 23.0. The van der Waals surface area contributed by atoms with Gasteiger partial charge in [-0.15, -0.1) is 0 Å². The Morgan fingerprint density at radius 3 is 2.89 bits per heavy atom. The smallest absolute Gasteiger partial charge is 0.253 e. The molecule has 1 aromatic heterocycles. The van der Waals surface area contributed by atoms with E-state index in [4.69, 9.17) is 4.74 Å². The van der Waals surface area contributed by atoms with Crippen LogP contribution >= 0.6 is 0 Å². The second-order valence-electron chi connectivity index (χ2n) is 7.69. The highest BCUT2D eigenvalue weighted by atomic mass is 16.5. The van der Waals surface area contributed by atoms with E-state index in [1.165, 1.54) is 0 Å². The molecule has 1 fully saturated rings. The predicted octanol–water partition coefficient (Wildman–Crippen LogP) is 2.91. The molecule has 4 rings (SSSR count). The lowest BCUT2D eigenvalue weighted by Gasteiger charge is -2.29. The zero-order valence-corrected chi connectivity index (χ0v) is 15.7. The van der Waals surface area contributed by atoms with E-state index in [2.05, 4.69) is 10.3 Å². The minimum atomic E-state index is -0.640. The summed E-state index contributed by atoms with van der Waals surface area (Å²) in [5.41, 5.74) is 2.56. The first-order chi connectivity index (χ1) is 12.9. The number of carbonyl (C=O) groups excluding carboxylic acids is 2. The van der Waals surface area contributed by atoms with Crippen LogP contribution in [0.3, 0.4) is 0 Å². The summed E-state index contributed by atoms with van der Waals surface area (Å²) >= 11 is 0. The van der Waals surface area contributed by atoms with E-state index in [0.717, 1.165) is 23.2 Å². The summed E-state index contributed by atoms with van der Waals surface area (Å²) in [5, 5.41) is 2.88. The van der Waals surface area contributed by atoms with Crippen LogP contribution < -0.4 is 5.32 Å². The molecule has 2 aliphatic rings. The number of hydrogen-bond acceptors (Lipinski definition) is 4. The van der Waals surface area contributed by atoms with Gasteiger partial charge in [0.1, 0.15) is 6.10 Å². The molecule has 0 bridgehead atoms. The molecule has 0 unspecified atom stereocenters. The molecule has 0 spiro atoms. The number of rotatable bonds is 3. The van der Waals surface area contributed by atoms with Gasteiger partial charge < -0.3 is 15.0 Å². The average molecular weight is 365 g/mol. The highest BCUT2D eigenvalue weighted by Gasteiger charge is 2.40. The summed E-state index contributed by atoms with van der Waals surface area (Å²) in [4.78, 5) is 31.2. The Kier molecular flexibility index (Phi) is 4.23. The molecule has 6 heteroatoms. The van der Waals surface area contributed by atoms with Crippen LogP contribution in [0.15, 0.2) is 42.7 Å². The molecule has 1 N–H and O–H groups in total. The Labute approximate surface area is 158 Å². The number of nitrogens with one attached hydrogen (secondary N) is 1. The summed E-state index contributed by atoms with van der Waals surface area (Å²) in [7, 11) is 1.81. The monoisotopic (exact) mass is 365 g/mol. The summed E-state index contributed by atoms with van der Waals surface area (Å²) in [6, 6.07) is 9.22. The van der Waals surface area contributed by atoms with Crippen LogP contribution in [0.4, 0.5) is 5.69 Å². The summed E-state index contributed by atoms with van der Waals surface area (Å²) in [5.74, 6) is -0.117. The van der Waals surface area contributed by atoms with E-state index < -0.39 is 5.41 Å². The summed E-state index contributed by atoms with van der Waals surface area (Å²) in [6.07, 6.45) is 4.11. The Morgan fingerprint density at radius 2 is 2.15 bits per heavy atom. The summed E-state index contributed by atoms with van der Waals surface area (Å²) in [6.45, 7) is 4.35. The van der Waals surface area contributed by atoms with Crippen LogP contribution in [-0.2, 0) is 14.9 Å². The van der Waals surface area contributed by atoms with Gasteiger partial charge in [0.05, 0.1) is 11.5 Å². The summed E-state index contributed by atoms with van der Waals surface area (Å²) < 4.78 is 5.89. The SMILES string of the molecule is CN(C(=O)c1ccc2c(c1)C(C)(C)C(=O)N2)[C@H]1CCO[C@@H]1c1cccnc1. The molecule has 0 saturated carbocycles. The van der Waals surface area contributed by atoms with Crippen molar-refractivity contribution >= 4 is 17.5 Å². The van der Waals surface area contributed by atoms with Crippen molar-refractivity contribution in [3.8, 4) is 0 Å². The highest BCUT2D eigenvalue weighted by molar-refractivity contribution is 6.07. The van der Waals surface area contributed by atoms with Gasteiger partial charge in [-0.25, -0.2) is 0 Å². The zero-order chi connectivity index (χ0) is 19.2. The Hall–Kier alpha value is -2.73. The van der Waals surface area contributed by atoms with Crippen LogP contribution in [0, 0.1) is 0 Å². The first-order valence-electron chi connectivity index (χ1n) is 9.14. The fraction of sp³-hybridized carbons (Fsp3) is 0.381. The van der Waals surface area contributed by atoms with Crippen LogP contribution in [0.25, 0.3) is 0 Å². The van der Waals surface area contributed by atoms with Crippen LogP contribution in [-0.4, -0.2) is 41.4 Å². The number of fused-ring (bicyclic) bond motifs is 1. The van der Waals surface area contributed by atoms with Crippen LogP contribution in [0.5, 0.6) is 0 Å². The minimum Gasteiger partial charge on any atom is -0.371 e. The number of aromatic nitrogens is 1. The maximum Gasteiger partial charge on any atom is 0.253 e. The third-order valence-electron chi connectivity index (χ3n) is 5.65. The maximum atomic E-state index is 13.2. The van der Waals surface area contributed by atoms with Crippen molar-refractivity contribution in [3.05, 3.63) is 59.4 Å². The standard InChI is InChI=1S/C21H23N3O3/c1-21(2)15-11-13(6-7-16(15)23-20(21)26)19(25)24(3)17-8-10-27-18(17)14-5-4-9-22-12-14/h4-7,9,11-12,17-18H,8,10H2,1-3H3,(H,23,26)/t17-,18+/m0/s1. The Morgan fingerprint density at radius 1 is 1.33 bits per heavy atom. The lowest BCUT2D eigenvalue weighted by atomic mass is 9.85. The zero-order valence-electron chi connectivity index (χ0n) is 15.7. The van der Waals surface area contributed by atoms with Gasteiger partial charge in [0.15, 0.2) is 0 Å². The molecule has 6 nitrogen and oxygen atoms in total. The quantitative estimate of drug-likeness (QED) is 0.908. The largest absolute Gasteiger partial charge is 0.371 e. The fourth-order valence-electron chi connectivity index (χ4n) is 3.90. The number of likely N-dealkylation sites (N-methyl/N-ethyl adjacent to an activating group) is 1. The first kappa shape index (κ1) is 17.7. The number of pyridine rings is 1. The molecule has 1 saturated heterocycles. The molecule has 27 heavy (non-hydrogen) atoms. The van der Waals surface area contributed by atoms with Gasteiger partial charge in [-0.1, -0.05) is 6.07 Å². The third kappa shape index (κ3) is 2.90. The average Bonchev–Trinajstić information content (AvgIpc) is 3.25. The number of amides is 2. The number of anilines is 1. The number of nitrogens with zero attached hydrogens (tertiary/aromatic N) is 2. The van der Waals surface area contributed by atoms with Crippen molar-refractivity contribution in [2.45, 2.75) is 37.8 Å². The van der Waals surface area contributed by atoms with Gasteiger partial charge >= 0.3 is 0 Å². The molecule has 2 aromatic rings. The van der Waals surface area contributed by atoms with Gasteiger partial charge in [0.25, 0.3) is 5.91 Å². The van der Waals surface area contributed by atoms with Gasteiger partial charge in [0.2, 0.25) is 5.91 Å². The maximum absolute atomic E-state index is 13.2. The van der Waals surface area contributed by atoms with Gasteiger partial charge in [-0.2, -0.15) is 0 Å². The molecule has 0 aliphatic carbocycles. The van der Waals surface area contributed by atoms with Crippen LogP contribution in [0.2, 0.25) is 0 Å². The van der Waals surface area contributed by atoms with Crippen molar-refractivity contribution in [2.24, 2.45) is 0 Å². The number of ether oxygens (including phenoxy) is 1. The molecule has 1 aromatic carbocycles. The predicted molar refractivity (Wildman–Crippen MR) is 102 cm³/mol. The number of carbonyl (C=O) groups is 2. The molecule has 140 valence electrons. The van der Waals surface area contributed by atoms with Crippen molar-refractivity contribution < 1.29 is 14.3 Å². The van der Waals surface area contributed by atoms with Crippen molar-refractivity contribution in [1.82, 2.24) is 9.88 Å². The van der Waals surface area contributed by atoms with Crippen LogP contribution in [0.1, 0.15) is 47.9 Å². The van der Waals surface area contributed by atoms with E-state index in [1.807, 2.05) is 45.2 Å².